The van der Waals surface area contributed by atoms with Crippen LogP contribution < -0.4 is 5.32 Å². The Morgan fingerprint density at radius 1 is 1.40 bits per heavy atom. The lowest BCUT2D eigenvalue weighted by molar-refractivity contribution is -0.138. The first-order valence-electron chi connectivity index (χ1n) is 8.15. The highest BCUT2D eigenvalue weighted by Gasteiger charge is 2.33. The summed E-state index contributed by atoms with van der Waals surface area (Å²) in [6.07, 6.45) is 5.11. The van der Waals surface area contributed by atoms with Gasteiger partial charge in [0.1, 0.15) is 6.04 Å². The quantitative estimate of drug-likeness (QED) is 0.913. The number of hydrogen-bond donors (Lipinski definition) is 1. The van der Waals surface area contributed by atoms with Crippen molar-refractivity contribution in [2.24, 2.45) is 0 Å². The lowest BCUT2D eigenvalue weighted by Gasteiger charge is -2.38. The van der Waals surface area contributed by atoms with E-state index in [2.05, 4.69) is 10.3 Å². The van der Waals surface area contributed by atoms with Gasteiger partial charge in [-0.2, -0.15) is 0 Å². The molecular weight excluding hydrogens is 342 g/mol. The maximum Gasteiger partial charge on any atom is 0.322 e. The molecule has 0 saturated carbocycles. The van der Waals surface area contributed by atoms with Crippen molar-refractivity contribution in [1.29, 1.82) is 0 Å². The summed E-state index contributed by atoms with van der Waals surface area (Å²) >= 11 is 6.31. The van der Waals surface area contributed by atoms with E-state index in [0.717, 1.165) is 5.69 Å². The van der Waals surface area contributed by atoms with Crippen LogP contribution in [0.15, 0.2) is 36.9 Å². The van der Waals surface area contributed by atoms with Gasteiger partial charge in [-0.15, -0.1) is 0 Å². The van der Waals surface area contributed by atoms with Crippen LogP contribution in [0.25, 0.3) is 5.69 Å². The molecule has 1 N–H and O–H groups in total. The maximum atomic E-state index is 12.5. The molecule has 1 aliphatic heterocycles. The van der Waals surface area contributed by atoms with Gasteiger partial charge >= 0.3 is 6.03 Å². The number of anilines is 1. The molecule has 1 aromatic heterocycles. The molecule has 0 spiro atoms. The summed E-state index contributed by atoms with van der Waals surface area (Å²) < 4.78 is 1.79. The average Bonchev–Trinajstić information content (AvgIpc) is 3.11. The van der Waals surface area contributed by atoms with Gasteiger partial charge in [0.25, 0.3) is 0 Å². The molecule has 1 aliphatic rings. The molecule has 1 saturated heterocycles. The number of likely N-dealkylation sites (N-methyl/N-ethyl adjacent to an activating group) is 1. The van der Waals surface area contributed by atoms with Crippen LogP contribution in [0.4, 0.5) is 10.5 Å². The molecule has 2 heterocycles. The number of piperazine rings is 1. The SMILES string of the molecule is CCN1CCN(C(=O)Nc2ccc(-n3ccnc3)c(Cl)c2)C(C)C1=O. The van der Waals surface area contributed by atoms with Crippen LogP contribution in [-0.2, 0) is 4.79 Å². The molecule has 2 aromatic rings. The van der Waals surface area contributed by atoms with Crippen molar-refractivity contribution in [3.05, 3.63) is 41.9 Å². The number of imidazole rings is 1. The smallest absolute Gasteiger partial charge is 0.322 e. The first-order valence-corrected chi connectivity index (χ1v) is 8.53. The second kappa shape index (κ2) is 7.14. The summed E-state index contributed by atoms with van der Waals surface area (Å²) in [4.78, 5) is 32.1. The molecule has 1 aromatic carbocycles. The Hall–Kier alpha value is -2.54. The topological polar surface area (TPSA) is 70.5 Å². The van der Waals surface area contributed by atoms with Crippen LogP contribution in [0.1, 0.15) is 13.8 Å². The normalized spacial score (nSPS) is 17.7. The number of urea groups is 1. The third-order valence-corrected chi connectivity index (χ3v) is 4.67. The number of hydrogen-bond acceptors (Lipinski definition) is 3. The summed E-state index contributed by atoms with van der Waals surface area (Å²) in [6.45, 7) is 5.40. The molecule has 1 atom stereocenters. The molecule has 3 amide bonds. The Morgan fingerprint density at radius 3 is 2.84 bits per heavy atom. The minimum Gasteiger partial charge on any atom is -0.339 e. The molecule has 25 heavy (non-hydrogen) atoms. The van der Waals surface area contributed by atoms with Crippen LogP contribution in [-0.4, -0.2) is 57.0 Å². The summed E-state index contributed by atoms with van der Waals surface area (Å²) in [5.41, 5.74) is 1.36. The minimum atomic E-state index is -0.477. The Labute approximate surface area is 151 Å². The van der Waals surface area contributed by atoms with Gasteiger partial charge in [0.05, 0.1) is 17.0 Å². The lowest BCUT2D eigenvalue weighted by Crippen LogP contribution is -2.58. The molecule has 0 aliphatic carbocycles. The van der Waals surface area contributed by atoms with Crippen LogP contribution in [0.5, 0.6) is 0 Å². The zero-order valence-electron chi connectivity index (χ0n) is 14.1. The molecule has 132 valence electrons. The van der Waals surface area contributed by atoms with Gasteiger partial charge in [-0.3, -0.25) is 4.79 Å². The maximum absolute atomic E-state index is 12.5. The van der Waals surface area contributed by atoms with Crippen molar-refractivity contribution >= 4 is 29.2 Å². The standard InChI is InChI=1S/C17H20ClN5O2/c1-3-21-8-9-23(12(2)16(21)24)17(25)20-13-4-5-15(14(18)10-13)22-7-6-19-11-22/h4-7,10-12H,3,8-9H2,1-2H3,(H,20,25). The van der Waals surface area contributed by atoms with Crippen molar-refractivity contribution in [3.63, 3.8) is 0 Å². The lowest BCUT2D eigenvalue weighted by atomic mass is 10.2. The highest BCUT2D eigenvalue weighted by molar-refractivity contribution is 6.32. The average molecular weight is 362 g/mol. The van der Waals surface area contributed by atoms with E-state index in [0.29, 0.717) is 30.3 Å². The van der Waals surface area contributed by atoms with Gasteiger partial charge in [-0.1, -0.05) is 11.6 Å². The van der Waals surface area contributed by atoms with Crippen molar-refractivity contribution in [3.8, 4) is 5.69 Å². The van der Waals surface area contributed by atoms with Crippen LogP contribution in [0.3, 0.4) is 0 Å². The second-order valence-corrected chi connectivity index (χ2v) is 6.26. The molecule has 8 heteroatoms. The van der Waals surface area contributed by atoms with Gasteiger partial charge in [0, 0.05) is 37.7 Å². The zero-order valence-corrected chi connectivity index (χ0v) is 14.9. The van der Waals surface area contributed by atoms with Gasteiger partial charge < -0.3 is 19.7 Å². The van der Waals surface area contributed by atoms with Crippen molar-refractivity contribution < 1.29 is 9.59 Å². The van der Waals surface area contributed by atoms with Gasteiger partial charge in [0.2, 0.25) is 5.91 Å². The Balaban J connectivity index is 1.71. The number of nitrogens with zero attached hydrogens (tertiary/aromatic N) is 4. The van der Waals surface area contributed by atoms with E-state index < -0.39 is 6.04 Å². The monoisotopic (exact) mass is 361 g/mol. The predicted octanol–water partition coefficient (Wildman–Crippen LogP) is 2.61. The number of halogens is 1. The zero-order chi connectivity index (χ0) is 18.0. The number of carbonyl (C=O) groups excluding carboxylic acids is 2. The number of benzene rings is 1. The Bertz CT molecular complexity index is 777. The third kappa shape index (κ3) is 3.46. The highest BCUT2D eigenvalue weighted by Crippen LogP contribution is 2.24. The van der Waals surface area contributed by atoms with Crippen LogP contribution in [0.2, 0.25) is 5.02 Å². The largest absolute Gasteiger partial charge is 0.339 e. The van der Waals surface area contributed by atoms with Gasteiger partial charge in [-0.25, -0.2) is 9.78 Å². The molecule has 0 bridgehead atoms. The van der Waals surface area contributed by atoms with E-state index in [4.69, 9.17) is 11.6 Å². The molecular formula is C17H20ClN5O2. The molecule has 3 rings (SSSR count). The third-order valence-electron chi connectivity index (χ3n) is 4.37. The van der Waals surface area contributed by atoms with Crippen molar-refractivity contribution in [1.82, 2.24) is 19.4 Å². The number of nitrogens with one attached hydrogen (secondary N) is 1. The Kier molecular flexibility index (Phi) is 4.94. The predicted molar refractivity (Wildman–Crippen MR) is 96.0 cm³/mol. The summed E-state index contributed by atoms with van der Waals surface area (Å²) in [5, 5.41) is 3.31. The van der Waals surface area contributed by atoms with Crippen LogP contribution >= 0.6 is 11.6 Å². The fraction of sp³-hybridized carbons (Fsp3) is 0.353. The van der Waals surface area contributed by atoms with E-state index in [1.807, 2.05) is 13.0 Å². The fourth-order valence-electron chi connectivity index (χ4n) is 2.91. The second-order valence-electron chi connectivity index (χ2n) is 5.85. The van der Waals surface area contributed by atoms with Crippen LogP contribution in [0, 0.1) is 0 Å². The highest BCUT2D eigenvalue weighted by atomic mass is 35.5. The Morgan fingerprint density at radius 2 is 2.20 bits per heavy atom. The first-order chi connectivity index (χ1) is 12.0. The van der Waals surface area contributed by atoms with E-state index in [1.54, 1.807) is 52.1 Å². The van der Waals surface area contributed by atoms with E-state index in [9.17, 15) is 9.59 Å². The number of rotatable bonds is 3. The van der Waals surface area contributed by atoms with Crippen molar-refractivity contribution in [2.45, 2.75) is 19.9 Å². The summed E-state index contributed by atoms with van der Waals surface area (Å²) in [5.74, 6) is -0.0302. The van der Waals surface area contributed by atoms with Gasteiger partial charge in [-0.05, 0) is 32.0 Å². The van der Waals surface area contributed by atoms with Gasteiger partial charge in [0.15, 0.2) is 0 Å². The summed E-state index contributed by atoms with van der Waals surface area (Å²) in [6, 6.07) is 4.48. The molecule has 1 fully saturated rings. The van der Waals surface area contributed by atoms with E-state index in [-0.39, 0.29) is 11.9 Å². The molecule has 1 unspecified atom stereocenters. The van der Waals surface area contributed by atoms with Crippen molar-refractivity contribution in [2.75, 3.05) is 25.0 Å². The van der Waals surface area contributed by atoms with E-state index >= 15 is 0 Å². The molecule has 7 nitrogen and oxygen atoms in total. The minimum absolute atomic E-state index is 0.0302. The fourth-order valence-corrected chi connectivity index (χ4v) is 3.19. The number of aromatic nitrogens is 2. The molecule has 0 radical (unpaired) electrons. The first kappa shape index (κ1) is 17.3. The summed E-state index contributed by atoms with van der Waals surface area (Å²) in [7, 11) is 0. The number of amides is 3. The van der Waals surface area contributed by atoms with E-state index in [1.165, 1.54) is 0 Å². The number of carbonyl (C=O) groups is 2.